The fourth-order valence-corrected chi connectivity index (χ4v) is 4.06. The lowest BCUT2D eigenvalue weighted by Crippen LogP contribution is -2.42. The van der Waals surface area contributed by atoms with Crippen LogP contribution in [0.5, 0.6) is 0 Å². The molecule has 0 aromatic rings. The number of hydrogen-bond acceptors (Lipinski definition) is 2. The van der Waals surface area contributed by atoms with Crippen molar-refractivity contribution in [2.75, 3.05) is 0 Å². The van der Waals surface area contributed by atoms with Crippen molar-refractivity contribution in [1.29, 1.82) is 0 Å². The van der Waals surface area contributed by atoms with E-state index < -0.39 is 11.9 Å². The molecule has 4 nitrogen and oxygen atoms in total. The molecule has 2 rings (SSSR count). The highest BCUT2D eigenvalue weighted by Gasteiger charge is 2.42. The Balaban J connectivity index is 1.88. The zero-order valence-corrected chi connectivity index (χ0v) is 13.3. The molecule has 3 atom stereocenters. The second kappa shape index (κ2) is 7.28. The van der Waals surface area contributed by atoms with Crippen LogP contribution in [0.2, 0.25) is 0 Å². The van der Waals surface area contributed by atoms with Gasteiger partial charge in [0.05, 0.1) is 11.8 Å². The third-order valence-electron chi connectivity index (χ3n) is 5.66. The van der Waals surface area contributed by atoms with Crippen LogP contribution in [0.1, 0.15) is 65.2 Å². The third kappa shape index (κ3) is 3.98. The van der Waals surface area contributed by atoms with Gasteiger partial charge in [0.1, 0.15) is 0 Å². The minimum Gasteiger partial charge on any atom is -0.481 e. The maximum Gasteiger partial charge on any atom is 0.307 e. The Morgan fingerprint density at radius 1 is 0.952 bits per heavy atom. The van der Waals surface area contributed by atoms with Crippen LogP contribution in [0.3, 0.4) is 0 Å². The average molecular weight is 295 g/mol. The van der Waals surface area contributed by atoms with E-state index in [9.17, 15) is 14.7 Å². The number of rotatable bonds is 5. The lowest BCUT2D eigenvalue weighted by molar-refractivity contribution is -0.146. The Morgan fingerprint density at radius 2 is 1.52 bits per heavy atom. The van der Waals surface area contributed by atoms with Crippen LogP contribution < -0.4 is 5.32 Å². The van der Waals surface area contributed by atoms with Crippen LogP contribution in [-0.2, 0) is 9.59 Å². The Bertz CT molecular complexity index is 374. The number of carboxylic acid groups (broad SMARTS) is 1. The Kier molecular flexibility index (Phi) is 5.65. The fourth-order valence-electron chi connectivity index (χ4n) is 4.06. The molecule has 0 aliphatic heterocycles. The average Bonchev–Trinajstić information content (AvgIpc) is 2.92. The zero-order valence-electron chi connectivity index (χ0n) is 13.3. The molecule has 0 aromatic carbocycles. The first-order valence-corrected chi connectivity index (χ1v) is 8.58. The number of carboxylic acids is 1. The van der Waals surface area contributed by atoms with Crippen molar-refractivity contribution in [2.24, 2.45) is 23.7 Å². The van der Waals surface area contributed by atoms with Crippen molar-refractivity contribution < 1.29 is 14.7 Å². The summed E-state index contributed by atoms with van der Waals surface area (Å²) in [6.45, 7) is 4.31. The number of aliphatic carboxylic acids is 1. The number of hydrogen-bond donors (Lipinski definition) is 2. The van der Waals surface area contributed by atoms with Gasteiger partial charge in [0.15, 0.2) is 0 Å². The standard InChI is InChI=1S/C17H29NO3/c1-3-11-5-7-13(8-6-11)18-16(19)14-9-12(4-2)10-15(14)17(20)21/h11-15H,3-10H2,1-2H3,(H,18,19)(H,20,21). The van der Waals surface area contributed by atoms with Gasteiger partial charge in [-0.1, -0.05) is 26.7 Å². The topological polar surface area (TPSA) is 66.4 Å². The molecule has 0 spiro atoms. The molecule has 0 saturated heterocycles. The van der Waals surface area contributed by atoms with E-state index in [-0.39, 0.29) is 17.9 Å². The second-order valence-corrected chi connectivity index (χ2v) is 6.93. The Morgan fingerprint density at radius 3 is 2.05 bits per heavy atom. The van der Waals surface area contributed by atoms with Gasteiger partial charge in [0, 0.05) is 6.04 Å². The van der Waals surface area contributed by atoms with Crippen LogP contribution in [0.15, 0.2) is 0 Å². The lowest BCUT2D eigenvalue weighted by atomic mass is 9.84. The van der Waals surface area contributed by atoms with Gasteiger partial charge in [-0.3, -0.25) is 9.59 Å². The molecule has 3 unspecified atom stereocenters. The molecule has 4 heteroatoms. The van der Waals surface area contributed by atoms with Crippen molar-refractivity contribution in [3.05, 3.63) is 0 Å². The molecule has 0 aromatic heterocycles. The predicted octanol–water partition coefficient (Wildman–Crippen LogP) is 3.21. The molecule has 0 radical (unpaired) electrons. The fraction of sp³-hybridized carbons (Fsp3) is 0.882. The molecule has 120 valence electrons. The molecule has 2 saturated carbocycles. The highest BCUT2D eigenvalue weighted by Crippen LogP contribution is 2.39. The van der Waals surface area contributed by atoms with Crippen molar-refractivity contribution in [1.82, 2.24) is 5.32 Å². The van der Waals surface area contributed by atoms with Gasteiger partial charge in [0.2, 0.25) is 5.91 Å². The quantitative estimate of drug-likeness (QED) is 0.818. The van der Waals surface area contributed by atoms with Crippen molar-refractivity contribution in [2.45, 2.75) is 71.3 Å². The van der Waals surface area contributed by atoms with Crippen molar-refractivity contribution >= 4 is 11.9 Å². The van der Waals surface area contributed by atoms with Crippen molar-refractivity contribution in [3.63, 3.8) is 0 Å². The summed E-state index contributed by atoms with van der Waals surface area (Å²) in [4.78, 5) is 23.8. The molecule has 2 aliphatic rings. The van der Waals surface area contributed by atoms with E-state index in [1.165, 1.54) is 19.3 Å². The number of nitrogens with one attached hydrogen (secondary N) is 1. The Hall–Kier alpha value is -1.06. The molecule has 2 aliphatic carbocycles. The van der Waals surface area contributed by atoms with E-state index >= 15 is 0 Å². The number of carbonyl (C=O) groups excluding carboxylic acids is 1. The zero-order chi connectivity index (χ0) is 15.4. The monoisotopic (exact) mass is 295 g/mol. The van der Waals surface area contributed by atoms with E-state index in [1.807, 2.05) is 0 Å². The van der Waals surface area contributed by atoms with Crippen molar-refractivity contribution in [3.8, 4) is 0 Å². The highest BCUT2D eigenvalue weighted by atomic mass is 16.4. The van der Waals surface area contributed by atoms with Gasteiger partial charge in [-0.05, 0) is 50.4 Å². The normalized spacial score (nSPS) is 36.4. The van der Waals surface area contributed by atoms with Gasteiger partial charge in [-0.25, -0.2) is 0 Å². The largest absolute Gasteiger partial charge is 0.481 e. The number of amides is 1. The van der Waals surface area contributed by atoms with Gasteiger partial charge in [-0.2, -0.15) is 0 Å². The van der Waals surface area contributed by atoms with Crippen LogP contribution in [0.25, 0.3) is 0 Å². The van der Waals surface area contributed by atoms with Gasteiger partial charge in [0.25, 0.3) is 0 Å². The smallest absolute Gasteiger partial charge is 0.307 e. The van der Waals surface area contributed by atoms with Crippen LogP contribution in [-0.4, -0.2) is 23.0 Å². The molecule has 2 fully saturated rings. The molecular weight excluding hydrogens is 266 g/mol. The third-order valence-corrected chi connectivity index (χ3v) is 5.66. The molecule has 1 amide bonds. The molecule has 0 bridgehead atoms. The van der Waals surface area contributed by atoms with E-state index in [2.05, 4.69) is 19.2 Å². The highest BCUT2D eigenvalue weighted by molar-refractivity contribution is 5.85. The van der Waals surface area contributed by atoms with Crippen LogP contribution >= 0.6 is 0 Å². The molecular formula is C17H29NO3. The first-order valence-electron chi connectivity index (χ1n) is 8.58. The van der Waals surface area contributed by atoms with Gasteiger partial charge < -0.3 is 10.4 Å². The van der Waals surface area contributed by atoms with Crippen LogP contribution in [0, 0.1) is 23.7 Å². The summed E-state index contributed by atoms with van der Waals surface area (Å²) in [5.41, 5.74) is 0. The predicted molar refractivity (Wildman–Crippen MR) is 81.8 cm³/mol. The molecule has 21 heavy (non-hydrogen) atoms. The minimum absolute atomic E-state index is 0.0155. The maximum absolute atomic E-state index is 12.5. The van der Waals surface area contributed by atoms with E-state index in [1.54, 1.807) is 0 Å². The molecule has 2 N–H and O–H groups in total. The summed E-state index contributed by atoms with van der Waals surface area (Å²) in [6.07, 6.45) is 8.06. The summed E-state index contributed by atoms with van der Waals surface area (Å²) in [5, 5.41) is 12.5. The van der Waals surface area contributed by atoms with Crippen LogP contribution in [0.4, 0.5) is 0 Å². The summed E-state index contributed by atoms with van der Waals surface area (Å²) in [6, 6.07) is 0.260. The summed E-state index contributed by atoms with van der Waals surface area (Å²) in [7, 11) is 0. The van der Waals surface area contributed by atoms with Gasteiger partial charge in [-0.15, -0.1) is 0 Å². The Labute approximate surface area is 127 Å². The summed E-state index contributed by atoms with van der Waals surface area (Å²) >= 11 is 0. The number of carbonyl (C=O) groups is 2. The van der Waals surface area contributed by atoms with E-state index in [0.717, 1.165) is 31.6 Å². The summed E-state index contributed by atoms with van der Waals surface area (Å²) in [5.74, 6) is -0.434. The maximum atomic E-state index is 12.5. The first kappa shape index (κ1) is 16.3. The first-order chi connectivity index (χ1) is 10.0. The summed E-state index contributed by atoms with van der Waals surface area (Å²) < 4.78 is 0. The lowest BCUT2D eigenvalue weighted by Gasteiger charge is -2.29. The SMILES string of the molecule is CCC1CCC(NC(=O)C2CC(CC)CC2C(=O)O)CC1. The molecule has 0 heterocycles. The minimum atomic E-state index is -0.805. The van der Waals surface area contributed by atoms with E-state index in [4.69, 9.17) is 0 Å². The van der Waals surface area contributed by atoms with Gasteiger partial charge >= 0.3 is 5.97 Å². The second-order valence-electron chi connectivity index (χ2n) is 6.93. The van der Waals surface area contributed by atoms with E-state index in [0.29, 0.717) is 12.3 Å².